The fourth-order valence-corrected chi connectivity index (χ4v) is 1.75. The van der Waals surface area contributed by atoms with Gasteiger partial charge in [0, 0.05) is 13.1 Å². The van der Waals surface area contributed by atoms with E-state index in [1.165, 1.54) is 32.4 Å². The topological polar surface area (TPSA) is 27.3 Å². The molecule has 3 heteroatoms. The molecular formula is C7H15N3. The number of rotatable bonds is 1. The summed E-state index contributed by atoms with van der Waals surface area (Å²) < 4.78 is 0. The normalized spacial score (nSPS) is 35.4. The lowest BCUT2D eigenvalue weighted by Crippen LogP contribution is -2.45. The van der Waals surface area contributed by atoms with E-state index in [2.05, 4.69) is 15.8 Å². The highest BCUT2D eigenvalue weighted by Gasteiger charge is 2.23. The molecule has 2 N–H and O–H groups in total. The van der Waals surface area contributed by atoms with Gasteiger partial charge in [0.15, 0.2) is 0 Å². The third kappa shape index (κ3) is 1.17. The third-order valence-corrected chi connectivity index (χ3v) is 2.30. The molecule has 2 aliphatic heterocycles. The van der Waals surface area contributed by atoms with Crippen LogP contribution in [0.2, 0.25) is 0 Å². The molecule has 0 spiro atoms. The van der Waals surface area contributed by atoms with Gasteiger partial charge in [-0.1, -0.05) is 0 Å². The van der Waals surface area contributed by atoms with Gasteiger partial charge in [0.1, 0.15) is 0 Å². The predicted molar refractivity (Wildman–Crippen MR) is 40.4 cm³/mol. The summed E-state index contributed by atoms with van der Waals surface area (Å²) in [6.07, 6.45) is 4.58. The van der Waals surface area contributed by atoms with Crippen LogP contribution in [0.15, 0.2) is 0 Å². The van der Waals surface area contributed by atoms with E-state index in [0.717, 1.165) is 6.54 Å². The highest BCUT2D eigenvalue weighted by Crippen LogP contribution is 2.10. The number of nitrogens with zero attached hydrogens (tertiary/aromatic N) is 1. The molecule has 2 saturated heterocycles. The fraction of sp³-hybridized carbons (Fsp3) is 1.00. The van der Waals surface area contributed by atoms with Crippen molar-refractivity contribution >= 4 is 0 Å². The zero-order chi connectivity index (χ0) is 6.81. The van der Waals surface area contributed by atoms with Crippen molar-refractivity contribution in [2.24, 2.45) is 0 Å². The summed E-state index contributed by atoms with van der Waals surface area (Å²) in [7, 11) is 0. The highest BCUT2D eigenvalue weighted by atomic mass is 15.6. The predicted octanol–water partition coefficient (Wildman–Crippen LogP) is -0.0938. The standard InChI is InChI=1S/C7H15N3/c1-3-7(8-4-1)10-6-2-5-9-10/h7-9H,1-6H2. The van der Waals surface area contributed by atoms with Crippen LogP contribution in [0, 0.1) is 0 Å². The van der Waals surface area contributed by atoms with Gasteiger partial charge >= 0.3 is 0 Å². The lowest BCUT2D eigenvalue weighted by molar-refractivity contribution is 0.161. The summed E-state index contributed by atoms with van der Waals surface area (Å²) in [6.45, 7) is 3.58. The van der Waals surface area contributed by atoms with Crippen LogP contribution in [-0.2, 0) is 0 Å². The van der Waals surface area contributed by atoms with Crippen molar-refractivity contribution in [3.8, 4) is 0 Å². The molecule has 0 radical (unpaired) electrons. The molecule has 58 valence electrons. The Kier molecular flexibility index (Phi) is 1.88. The summed E-state index contributed by atoms with van der Waals surface area (Å²) >= 11 is 0. The summed E-state index contributed by atoms with van der Waals surface area (Å²) in [5.74, 6) is 0. The van der Waals surface area contributed by atoms with Crippen LogP contribution in [0.5, 0.6) is 0 Å². The van der Waals surface area contributed by atoms with E-state index in [9.17, 15) is 0 Å². The minimum Gasteiger partial charge on any atom is -0.301 e. The van der Waals surface area contributed by atoms with Crippen LogP contribution >= 0.6 is 0 Å². The van der Waals surface area contributed by atoms with Crippen molar-refractivity contribution in [3.05, 3.63) is 0 Å². The van der Waals surface area contributed by atoms with E-state index in [1.54, 1.807) is 0 Å². The molecule has 0 aromatic rings. The lowest BCUT2D eigenvalue weighted by atomic mass is 10.3. The molecule has 0 amide bonds. The maximum atomic E-state index is 3.46. The van der Waals surface area contributed by atoms with Gasteiger partial charge in [-0.25, -0.2) is 5.01 Å². The van der Waals surface area contributed by atoms with Gasteiger partial charge in [-0.2, -0.15) is 0 Å². The van der Waals surface area contributed by atoms with Crippen LogP contribution in [0.1, 0.15) is 19.3 Å². The molecule has 2 aliphatic rings. The summed E-state index contributed by atoms with van der Waals surface area (Å²) in [5, 5.41) is 5.80. The van der Waals surface area contributed by atoms with Crippen LogP contribution < -0.4 is 10.7 Å². The van der Waals surface area contributed by atoms with Crippen molar-refractivity contribution in [2.75, 3.05) is 19.6 Å². The Balaban J connectivity index is 1.85. The quantitative estimate of drug-likeness (QED) is 0.534. The average Bonchev–Trinajstić information content (AvgIpc) is 2.59. The summed E-state index contributed by atoms with van der Waals surface area (Å²) in [5.41, 5.74) is 3.37. The molecular weight excluding hydrogens is 126 g/mol. The van der Waals surface area contributed by atoms with Gasteiger partial charge in [0.2, 0.25) is 0 Å². The first kappa shape index (κ1) is 6.58. The zero-order valence-corrected chi connectivity index (χ0v) is 6.27. The Labute approximate surface area is 61.7 Å². The van der Waals surface area contributed by atoms with Crippen molar-refractivity contribution in [3.63, 3.8) is 0 Å². The molecule has 0 aromatic heterocycles. The highest BCUT2D eigenvalue weighted by molar-refractivity contribution is 4.76. The van der Waals surface area contributed by atoms with Crippen molar-refractivity contribution in [1.29, 1.82) is 0 Å². The second-order valence-corrected chi connectivity index (χ2v) is 3.07. The van der Waals surface area contributed by atoms with Crippen LogP contribution in [0.4, 0.5) is 0 Å². The van der Waals surface area contributed by atoms with E-state index in [1.807, 2.05) is 0 Å². The second kappa shape index (κ2) is 2.86. The SMILES string of the molecule is C1CNC(N2CCCN2)C1. The maximum Gasteiger partial charge on any atom is 0.0733 e. The summed E-state index contributed by atoms with van der Waals surface area (Å²) in [4.78, 5) is 0. The molecule has 0 saturated carbocycles. The lowest BCUT2D eigenvalue weighted by Gasteiger charge is -2.22. The Morgan fingerprint density at radius 2 is 2.20 bits per heavy atom. The van der Waals surface area contributed by atoms with Gasteiger partial charge in [-0.15, -0.1) is 0 Å². The molecule has 0 aromatic carbocycles. The molecule has 10 heavy (non-hydrogen) atoms. The van der Waals surface area contributed by atoms with Crippen molar-refractivity contribution < 1.29 is 0 Å². The van der Waals surface area contributed by atoms with E-state index < -0.39 is 0 Å². The van der Waals surface area contributed by atoms with Gasteiger partial charge in [0.25, 0.3) is 0 Å². The Bertz CT molecular complexity index is 89.4. The monoisotopic (exact) mass is 141 g/mol. The number of hydrogen-bond donors (Lipinski definition) is 2. The van der Waals surface area contributed by atoms with Gasteiger partial charge in [-0.3, -0.25) is 5.43 Å². The van der Waals surface area contributed by atoms with E-state index in [-0.39, 0.29) is 0 Å². The van der Waals surface area contributed by atoms with Gasteiger partial charge < -0.3 is 5.32 Å². The molecule has 0 aliphatic carbocycles. The number of hydrazine groups is 1. The maximum absolute atomic E-state index is 3.46. The Morgan fingerprint density at radius 1 is 1.20 bits per heavy atom. The first-order chi connectivity index (χ1) is 4.97. The molecule has 0 bridgehead atoms. The molecule has 1 unspecified atom stereocenters. The van der Waals surface area contributed by atoms with Crippen LogP contribution in [-0.4, -0.2) is 30.8 Å². The smallest absolute Gasteiger partial charge is 0.0733 e. The van der Waals surface area contributed by atoms with Crippen molar-refractivity contribution in [1.82, 2.24) is 15.8 Å². The first-order valence-electron chi connectivity index (χ1n) is 4.20. The van der Waals surface area contributed by atoms with Crippen LogP contribution in [0.25, 0.3) is 0 Å². The zero-order valence-electron chi connectivity index (χ0n) is 6.27. The second-order valence-electron chi connectivity index (χ2n) is 3.07. The average molecular weight is 141 g/mol. The van der Waals surface area contributed by atoms with E-state index >= 15 is 0 Å². The first-order valence-corrected chi connectivity index (χ1v) is 4.20. The number of nitrogens with one attached hydrogen (secondary N) is 2. The number of hydrogen-bond acceptors (Lipinski definition) is 3. The van der Waals surface area contributed by atoms with E-state index in [0.29, 0.717) is 6.17 Å². The molecule has 1 atom stereocenters. The third-order valence-electron chi connectivity index (χ3n) is 2.30. The van der Waals surface area contributed by atoms with Gasteiger partial charge in [0.05, 0.1) is 6.17 Å². The minimum absolute atomic E-state index is 0.627. The van der Waals surface area contributed by atoms with Gasteiger partial charge in [-0.05, 0) is 25.8 Å². The van der Waals surface area contributed by atoms with Crippen molar-refractivity contribution in [2.45, 2.75) is 25.4 Å². The molecule has 2 rings (SSSR count). The summed E-state index contributed by atoms with van der Waals surface area (Å²) in [6, 6.07) is 0. The minimum atomic E-state index is 0.627. The van der Waals surface area contributed by atoms with Crippen LogP contribution in [0.3, 0.4) is 0 Å². The Hall–Kier alpha value is -0.120. The molecule has 2 fully saturated rings. The molecule has 2 heterocycles. The largest absolute Gasteiger partial charge is 0.301 e. The van der Waals surface area contributed by atoms with E-state index in [4.69, 9.17) is 0 Å². The fourth-order valence-electron chi connectivity index (χ4n) is 1.75. The Morgan fingerprint density at radius 3 is 2.80 bits per heavy atom. The molecule has 3 nitrogen and oxygen atoms in total.